The Labute approximate surface area is 127 Å². The van der Waals surface area contributed by atoms with Crippen molar-refractivity contribution in [2.75, 3.05) is 0 Å². The highest BCUT2D eigenvalue weighted by atomic mass is 16.5. The van der Waals surface area contributed by atoms with Gasteiger partial charge in [-0.1, -0.05) is 0 Å². The maximum atomic E-state index is 12.1. The number of ether oxygens (including phenoxy) is 1. The van der Waals surface area contributed by atoms with Gasteiger partial charge < -0.3 is 10.1 Å². The summed E-state index contributed by atoms with van der Waals surface area (Å²) in [4.78, 5) is 28.0. The second-order valence-corrected chi connectivity index (χ2v) is 5.81. The van der Waals surface area contributed by atoms with Crippen LogP contribution in [-0.4, -0.2) is 32.7 Å². The van der Waals surface area contributed by atoms with Crippen molar-refractivity contribution in [1.82, 2.24) is 19.9 Å². The quantitative estimate of drug-likeness (QED) is 0.879. The molecule has 0 saturated carbocycles. The van der Waals surface area contributed by atoms with Gasteiger partial charge in [-0.2, -0.15) is 0 Å². The van der Waals surface area contributed by atoms with Gasteiger partial charge in [0.1, 0.15) is 6.10 Å². The Balaban J connectivity index is 1.79. The Bertz CT molecular complexity index is 777. The zero-order valence-electron chi connectivity index (χ0n) is 13.0. The minimum absolute atomic E-state index is 0.0933. The molecule has 2 N–H and O–H groups in total. The lowest BCUT2D eigenvalue weighted by atomic mass is 10.1. The fourth-order valence-electron chi connectivity index (χ4n) is 2.90. The molecule has 7 nitrogen and oxygen atoms in total. The van der Waals surface area contributed by atoms with Gasteiger partial charge >= 0.3 is 0 Å². The Morgan fingerprint density at radius 1 is 1.50 bits per heavy atom. The zero-order valence-corrected chi connectivity index (χ0v) is 13.0. The number of H-pyrrole nitrogens is 1. The van der Waals surface area contributed by atoms with Crippen LogP contribution in [0.15, 0.2) is 10.9 Å². The van der Waals surface area contributed by atoms with Gasteiger partial charge in [-0.25, -0.2) is 9.50 Å². The topological polar surface area (TPSA) is 88.5 Å². The summed E-state index contributed by atoms with van der Waals surface area (Å²) in [6.07, 6.45) is 1.45. The maximum Gasteiger partial charge on any atom is 0.266 e. The number of nitrogens with zero attached hydrogens (tertiary/aromatic N) is 2. The SMILES string of the molecule is Cc1nc2cc(=O)[nH]n2c(C)c1CNC(=O)[C@H]1CC[C@@H](C)O1. The normalized spacial score (nSPS) is 21.4. The molecule has 0 spiro atoms. The maximum absolute atomic E-state index is 12.1. The van der Waals surface area contributed by atoms with Gasteiger partial charge in [-0.3, -0.25) is 14.7 Å². The number of rotatable bonds is 3. The Kier molecular flexibility index (Phi) is 3.74. The van der Waals surface area contributed by atoms with Gasteiger partial charge in [-0.05, 0) is 33.6 Å². The van der Waals surface area contributed by atoms with Crippen molar-refractivity contribution in [3.05, 3.63) is 33.4 Å². The zero-order chi connectivity index (χ0) is 15.9. The van der Waals surface area contributed by atoms with E-state index in [-0.39, 0.29) is 23.7 Å². The molecule has 1 aliphatic rings. The third kappa shape index (κ3) is 2.64. The van der Waals surface area contributed by atoms with E-state index in [1.165, 1.54) is 6.07 Å². The Hall–Kier alpha value is -2.15. The highest BCUT2D eigenvalue weighted by Gasteiger charge is 2.28. The monoisotopic (exact) mass is 304 g/mol. The van der Waals surface area contributed by atoms with Gasteiger partial charge in [0.2, 0.25) is 5.91 Å². The molecule has 0 aromatic carbocycles. The van der Waals surface area contributed by atoms with Gasteiger partial charge in [0.25, 0.3) is 5.56 Å². The first-order valence-electron chi connectivity index (χ1n) is 7.46. The van der Waals surface area contributed by atoms with Crippen molar-refractivity contribution in [3.8, 4) is 0 Å². The molecule has 2 atom stereocenters. The van der Waals surface area contributed by atoms with Crippen LogP contribution >= 0.6 is 0 Å². The van der Waals surface area contributed by atoms with Crippen molar-refractivity contribution in [3.63, 3.8) is 0 Å². The smallest absolute Gasteiger partial charge is 0.266 e. The molecular formula is C15H20N4O3. The van der Waals surface area contributed by atoms with Gasteiger partial charge in [-0.15, -0.1) is 0 Å². The molecule has 7 heteroatoms. The van der Waals surface area contributed by atoms with E-state index < -0.39 is 0 Å². The average Bonchev–Trinajstić information content (AvgIpc) is 3.04. The second-order valence-electron chi connectivity index (χ2n) is 5.81. The first-order chi connectivity index (χ1) is 10.5. The van der Waals surface area contributed by atoms with Crippen LogP contribution < -0.4 is 10.9 Å². The number of aromatic amines is 1. The summed E-state index contributed by atoms with van der Waals surface area (Å²) in [5.74, 6) is -0.0933. The van der Waals surface area contributed by atoms with E-state index in [4.69, 9.17) is 4.74 Å². The van der Waals surface area contributed by atoms with E-state index in [0.717, 1.165) is 29.8 Å². The van der Waals surface area contributed by atoms with E-state index in [1.807, 2.05) is 20.8 Å². The van der Waals surface area contributed by atoms with Crippen LogP contribution in [0.2, 0.25) is 0 Å². The van der Waals surface area contributed by atoms with Crippen molar-refractivity contribution in [2.45, 2.75) is 52.4 Å². The molecular weight excluding hydrogens is 284 g/mol. The third-order valence-electron chi connectivity index (χ3n) is 4.17. The van der Waals surface area contributed by atoms with Crippen molar-refractivity contribution >= 4 is 11.6 Å². The van der Waals surface area contributed by atoms with Crippen molar-refractivity contribution in [2.24, 2.45) is 0 Å². The number of hydrogen-bond acceptors (Lipinski definition) is 4. The minimum atomic E-state index is -0.362. The Morgan fingerprint density at radius 2 is 2.27 bits per heavy atom. The van der Waals surface area contributed by atoms with Crippen LogP contribution in [0.1, 0.15) is 36.7 Å². The summed E-state index contributed by atoms with van der Waals surface area (Å²) in [5.41, 5.74) is 2.97. The molecule has 1 aliphatic heterocycles. The number of fused-ring (bicyclic) bond motifs is 1. The molecule has 2 aromatic heterocycles. The fraction of sp³-hybridized carbons (Fsp3) is 0.533. The van der Waals surface area contributed by atoms with Gasteiger partial charge in [0.05, 0.1) is 6.10 Å². The molecule has 22 heavy (non-hydrogen) atoms. The predicted molar refractivity (Wildman–Crippen MR) is 80.7 cm³/mol. The van der Waals surface area contributed by atoms with Gasteiger partial charge in [0.15, 0.2) is 5.65 Å². The molecule has 1 amide bonds. The average molecular weight is 304 g/mol. The van der Waals surface area contributed by atoms with E-state index in [0.29, 0.717) is 12.2 Å². The first-order valence-corrected chi connectivity index (χ1v) is 7.46. The lowest BCUT2D eigenvalue weighted by molar-refractivity contribution is -0.131. The molecule has 0 unspecified atom stereocenters. The van der Waals surface area contributed by atoms with E-state index in [2.05, 4.69) is 15.4 Å². The number of aryl methyl sites for hydroxylation is 2. The first kappa shape index (κ1) is 14.8. The van der Waals surface area contributed by atoms with Crippen LogP contribution in [-0.2, 0) is 16.1 Å². The van der Waals surface area contributed by atoms with E-state index in [1.54, 1.807) is 4.52 Å². The van der Waals surface area contributed by atoms with E-state index in [9.17, 15) is 9.59 Å². The van der Waals surface area contributed by atoms with Crippen LogP contribution in [0.5, 0.6) is 0 Å². The van der Waals surface area contributed by atoms with Gasteiger partial charge in [0, 0.05) is 29.6 Å². The lowest BCUT2D eigenvalue weighted by Crippen LogP contribution is -2.34. The lowest BCUT2D eigenvalue weighted by Gasteiger charge is -2.15. The summed E-state index contributed by atoms with van der Waals surface area (Å²) in [5, 5.41) is 5.61. The molecule has 1 saturated heterocycles. The molecule has 0 aliphatic carbocycles. The number of amides is 1. The molecule has 3 rings (SSSR count). The van der Waals surface area contributed by atoms with Crippen LogP contribution in [0.4, 0.5) is 0 Å². The number of nitrogens with one attached hydrogen (secondary N) is 2. The third-order valence-corrected chi connectivity index (χ3v) is 4.17. The van der Waals surface area contributed by atoms with E-state index >= 15 is 0 Å². The Morgan fingerprint density at radius 3 is 2.95 bits per heavy atom. The summed E-state index contributed by atoms with van der Waals surface area (Å²) < 4.78 is 7.21. The number of carbonyl (C=O) groups excluding carboxylic acids is 1. The number of aromatic nitrogens is 3. The van der Waals surface area contributed by atoms with Crippen LogP contribution in [0.25, 0.3) is 5.65 Å². The number of hydrogen-bond donors (Lipinski definition) is 2. The molecule has 1 fully saturated rings. The molecule has 3 heterocycles. The second kappa shape index (κ2) is 5.57. The predicted octanol–water partition coefficient (Wildman–Crippen LogP) is 0.823. The molecule has 0 radical (unpaired) electrons. The highest BCUT2D eigenvalue weighted by Crippen LogP contribution is 2.19. The number of carbonyl (C=O) groups is 1. The largest absolute Gasteiger partial charge is 0.365 e. The van der Waals surface area contributed by atoms with Crippen molar-refractivity contribution < 1.29 is 9.53 Å². The summed E-state index contributed by atoms with van der Waals surface area (Å²) >= 11 is 0. The minimum Gasteiger partial charge on any atom is -0.365 e. The molecule has 0 bridgehead atoms. The van der Waals surface area contributed by atoms with Crippen molar-refractivity contribution in [1.29, 1.82) is 0 Å². The highest BCUT2D eigenvalue weighted by molar-refractivity contribution is 5.81. The van der Waals surface area contributed by atoms with Crippen LogP contribution in [0, 0.1) is 13.8 Å². The summed E-state index contributed by atoms with van der Waals surface area (Å²) in [6.45, 7) is 6.11. The molecule has 118 valence electrons. The summed E-state index contributed by atoms with van der Waals surface area (Å²) in [7, 11) is 0. The fourth-order valence-corrected chi connectivity index (χ4v) is 2.90. The molecule has 2 aromatic rings. The standard InChI is InChI=1S/C15H20N4O3/c1-8-4-5-12(22-8)15(21)16-7-11-9(2)17-13-6-14(20)18-19(13)10(11)3/h6,8,12H,4-5,7H2,1-3H3,(H,16,21)(H,18,20)/t8-,12-/m1/s1. The summed E-state index contributed by atoms with van der Waals surface area (Å²) in [6, 6.07) is 1.45. The van der Waals surface area contributed by atoms with Crippen LogP contribution in [0.3, 0.4) is 0 Å².